The third kappa shape index (κ3) is 3.30. The van der Waals surface area contributed by atoms with E-state index in [1.807, 2.05) is 16.8 Å². The van der Waals surface area contributed by atoms with Gasteiger partial charge in [0.05, 0.1) is 18.7 Å². The Morgan fingerprint density at radius 3 is 2.56 bits per heavy atom. The number of hydrogen-bond donors (Lipinski definition) is 2. The first-order valence-electron chi connectivity index (χ1n) is 9.42. The molecular formula is C18H27FN6+2. The smallest absolute Gasteiger partial charge is 0.214 e. The van der Waals surface area contributed by atoms with Gasteiger partial charge in [0, 0.05) is 0 Å². The van der Waals surface area contributed by atoms with Crippen LogP contribution < -0.4 is 9.80 Å². The molecule has 1 atom stereocenters. The maximum Gasteiger partial charge on any atom is 0.214 e. The number of aromatic nitrogens is 4. The van der Waals surface area contributed by atoms with Gasteiger partial charge in [-0.2, -0.15) is 0 Å². The predicted octanol–water partition coefficient (Wildman–Crippen LogP) is -0.570. The summed E-state index contributed by atoms with van der Waals surface area (Å²) in [4.78, 5) is 2.90. The number of rotatable bonds is 4. The second-order valence-electron chi connectivity index (χ2n) is 7.49. The third-order valence-electron chi connectivity index (χ3n) is 5.82. The van der Waals surface area contributed by atoms with Crippen LogP contribution in [0.4, 0.5) is 4.39 Å². The van der Waals surface area contributed by atoms with Gasteiger partial charge in [0.1, 0.15) is 32.0 Å². The van der Waals surface area contributed by atoms with Gasteiger partial charge in [-0.25, -0.2) is 9.07 Å². The summed E-state index contributed by atoms with van der Waals surface area (Å²) in [6.45, 7) is 4.18. The summed E-state index contributed by atoms with van der Waals surface area (Å²) in [6, 6.07) is 7.33. The van der Waals surface area contributed by atoms with Crippen LogP contribution in [0.25, 0.3) is 0 Å². The fraction of sp³-hybridized carbons (Fsp3) is 0.611. The lowest BCUT2D eigenvalue weighted by Crippen LogP contribution is -3.27. The number of nitrogens with zero attached hydrogens (tertiary/aromatic N) is 4. The number of halogens is 1. The highest BCUT2D eigenvalue weighted by Crippen LogP contribution is 2.31. The zero-order chi connectivity index (χ0) is 17.2. The SMILES string of the molecule is C[NH+]1CC[NH+]([C@@H](c2ccccc2F)c2nnnn2C2CCCC2)CC1. The molecule has 6 nitrogen and oxygen atoms in total. The average Bonchev–Trinajstić information content (AvgIpc) is 3.30. The number of nitrogens with one attached hydrogen (secondary N) is 2. The van der Waals surface area contributed by atoms with Gasteiger partial charge in [-0.15, -0.1) is 5.10 Å². The van der Waals surface area contributed by atoms with E-state index in [1.54, 1.807) is 12.1 Å². The maximum atomic E-state index is 14.7. The van der Waals surface area contributed by atoms with Crippen molar-refractivity contribution < 1.29 is 14.2 Å². The summed E-state index contributed by atoms with van der Waals surface area (Å²) in [5.41, 5.74) is 0.714. The molecule has 25 heavy (non-hydrogen) atoms. The van der Waals surface area contributed by atoms with Gasteiger partial charge in [0.15, 0.2) is 6.04 Å². The number of tetrazole rings is 1. The Bertz CT molecular complexity index is 703. The summed E-state index contributed by atoms with van der Waals surface area (Å²) in [5.74, 6) is 0.666. The van der Waals surface area contributed by atoms with Gasteiger partial charge in [-0.3, -0.25) is 0 Å². The molecule has 134 valence electrons. The van der Waals surface area contributed by atoms with Gasteiger partial charge in [-0.05, 0) is 35.4 Å². The Labute approximate surface area is 147 Å². The minimum atomic E-state index is -0.160. The summed E-state index contributed by atoms with van der Waals surface area (Å²) in [6.07, 6.45) is 4.67. The molecule has 1 saturated carbocycles. The molecule has 2 aromatic rings. The maximum absolute atomic E-state index is 14.7. The molecule has 0 radical (unpaired) electrons. The molecule has 1 aromatic carbocycles. The van der Waals surface area contributed by atoms with Gasteiger partial charge in [0.25, 0.3) is 0 Å². The first-order chi connectivity index (χ1) is 12.2. The van der Waals surface area contributed by atoms with E-state index in [0.29, 0.717) is 11.6 Å². The molecule has 4 rings (SSSR count). The van der Waals surface area contributed by atoms with E-state index < -0.39 is 0 Å². The molecule has 2 aliphatic rings. The molecule has 1 aliphatic carbocycles. The van der Waals surface area contributed by atoms with E-state index in [9.17, 15) is 4.39 Å². The van der Waals surface area contributed by atoms with Crippen molar-refractivity contribution in [2.75, 3.05) is 33.2 Å². The number of quaternary nitrogens is 2. The topological polar surface area (TPSA) is 52.5 Å². The van der Waals surface area contributed by atoms with Crippen LogP contribution in [-0.4, -0.2) is 53.4 Å². The quantitative estimate of drug-likeness (QED) is 0.780. The van der Waals surface area contributed by atoms with Crippen molar-refractivity contribution in [1.82, 2.24) is 20.2 Å². The van der Waals surface area contributed by atoms with E-state index in [2.05, 4.69) is 22.6 Å². The van der Waals surface area contributed by atoms with E-state index in [4.69, 9.17) is 0 Å². The molecule has 1 aliphatic heterocycles. The van der Waals surface area contributed by atoms with Crippen molar-refractivity contribution in [3.8, 4) is 0 Å². The van der Waals surface area contributed by atoms with Crippen LogP contribution in [-0.2, 0) is 0 Å². The molecular weight excluding hydrogens is 319 g/mol. The lowest BCUT2D eigenvalue weighted by atomic mass is 10.0. The van der Waals surface area contributed by atoms with Crippen LogP contribution in [0.5, 0.6) is 0 Å². The summed E-state index contributed by atoms with van der Waals surface area (Å²) in [7, 11) is 2.22. The Morgan fingerprint density at radius 2 is 1.84 bits per heavy atom. The second-order valence-corrected chi connectivity index (χ2v) is 7.49. The van der Waals surface area contributed by atoms with Crippen LogP contribution in [0.15, 0.2) is 24.3 Å². The molecule has 1 saturated heterocycles. The largest absolute Gasteiger partial charge is 0.328 e. The minimum absolute atomic E-state index is 0.134. The molecule has 7 heteroatoms. The second kappa shape index (κ2) is 7.17. The monoisotopic (exact) mass is 346 g/mol. The summed E-state index contributed by atoms with van der Waals surface area (Å²) < 4.78 is 16.7. The van der Waals surface area contributed by atoms with Crippen molar-refractivity contribution in [3.05, 3.63) is 41.5 Å². The van der Waals surface area contributed by atoms with Crippen molar-refractivity contribution in [2.45, 2.75) is 37.8 Å². The van der Waals surface area contributed by atoms with Crippen LogP contribution >= 0.6 is 0 Å². The first-order valence-corrected chi connectivity index (χ1v) is 9.42. The Kier molecular flexibility index (Phi) is 4.76. The molecule has 2 heterocycles. The number of piperazine rings is 1. The summed E-state index contributed by atoms with van der Waals surface area (Å²) >= 11 is 0. The first kappa shape index (κ1) is 16.6. The molecule has 0 unspecified atom stereocenters. The van der Waals surface area contributed by atoms with Gasteiger partial charge >= 0.3 is 0 Å². The fourth-order valence-electron chi connectivity index (χ4n) is 4.34. The highest BCUT2D eigenvalue weighted by molar-refractivity contribution is 5.24. The van der Waals surface area contributed by atoms with E-state index >= 15 is 0 Å². The molecule has 0 bridgehead atoms. The fourth-order valence-corrected chi connectivity index (χ4v) is 4.34. The van der Waals surface area contributed by atoms with Crippen molar-refractivity contribution in [1.29, 1.82) is 0 Å². The van der Waals surface area contributed by atoms with Crippen LogP contribution in [0.3, 0.4) is 0 Å². The molecule has 1 aromatic heterocycles. The van der Waals surface area contributed by atoms with E-state index in [-0.39, 0.29) is 11.9 Å². The van der Waals surface area contributed by atoms with Crippen molar-refractivity contribution in [2.24, 2.45) is 0 Å². The van der Waals surface area contributed by atoms with Gasteiger partial charge in [-0.1, -0.05) is 25.0 Å². The number of likely N-dealkylation sites (N-methyl/N-ethyl adjacent to an activating group) is 1. The van der Waals surface area contributed by atoms with Crippen LogP contribution in [0, 0.1) is 5.82 Å². The zero-order valence-electron chi connectivity index (χ0n) is 14.8. The average molecular weight is 346 g/mol. The highest BCUT2D eigenvalue weighted by atomic mass is 19.1. The van der Waals surface area contributed by atoms with Crippen molar-refractivity contribution >= 4 is 0 Å². The van der Waals surface area contributed by atoms with Crippen LogP contribution in [0.2, 0.25) is 0 Å². The third-order valence-corrected chi connectivity index (χ3v) is 5.82. The minimum Gasteiger partial charge on any atom is -0.328 e. The van der Waals surface area contributed by atoms with Gasteiger partial charge in [0.2, 0.25) is 5.82 Å². The Balaban J connectivity index is 1.73. The standard InChI is InChI=1S/C18H25FN6/c1-23-10-12-24(13-11-23)17(15-8-4-5-9-16(15)19)18-20-21-22-25(18)14-6-2-3-7-14/h4-5,8-9,14,17H,2-3,6-7,10-13H2,1H3/p+2/t17-/m0/s1. The Hall–Kier alpha value is -1.86. The molecule has 2 fully saturated rings. The van der Waals surface area contributed by atoms with Crippen LogP contribution in [0.1, 0.15) is 49.2 Å². The predicted molar refractivity (Wildman–Crippen MR) is 90.9 cm³/mol. The summed E-state index contributed by atoms with van der Waals surface area (Å²) in [5, 5.41) is 12.7. The lowest BCUT2D eigenvalue weighted by molar-refractivity contribution is -1.02. The molecule has 2 N–H and O–H groups in total. The van der Waals surface area contributed by atoms with Gasteiger partial charge < -0.3 is 9.80 Å². The number of hydrogen-bond acceptors (Lipinski definition) is 3. The van der Waals surface area contributed by atoms with Crippen molar-refractivity contribution in [3.63, 3.8) is 0 Å². The Morgan fingerprint density at radius 1 is 1.12 bits per heavy atom. The number of benzene rings is 1. The highest BCUT2D eigenvalue weighted by Gasteiger charge is 2.37. The zero-order valence-corrected chi connectivity index (χ0v) is 14.8. The molecule has 0 spiro atoms. The lowest BCUT2D eigenvalue weighted by Gasteiger charge is -2.33. The molecule has 0 amide bonds. The van der Waals surface area contributed by atoms with E-state index in [0.717, 1.165) is 44.8 Å². The normalized spacial score (nSPS) is 26.0. The van der Waals surface area contributed by atoms with E-state index in [1.165, 1.54) is 22.6 Å².